The summed E-state index contributed by atoms with van der Waals surface area (Å²) in [6, 6.07) is 2.67. The number of nitrogen functional groups attached to an aromatic ring is 1. The lowest BCUT2D eigenvalue weighted by molar-refractivity contribution is 0.639. The molecule has 1 aromatic rings. The Morgan fingerprint density at radius 2 is 2.40 bits per heavy atom. The zero-order chi connectivity index (χ0) is 10.8. The quantitative estimate of drug-likeness (QED) is 0.806. The van der Waals surface area contributed by atoms with Gasteiger partial charge in [-0.1, -0.05) is 6.92 Å². The average molecular weight is 205 g/mol. The summed E-state index contributed by atoms with van der Waals surface area (Å²) >= 11 is 0. The molecule has 82 valence electrons. The molecule has 0 amide bonds. The third-order valence-corrected chi connectivity index (χ3v) is 3.19. The second-order valence-corrected chi connectivity index (χ2v) is 4.31. The van der Waals surface area contributed by atoms with Gasteiger partial charge < -0.3 is 10.6 Å². The molecule has 0 spiro atoms. The van der Waals surface area contributed by atoms with E-state index < -0.39 is 0 Å². The third-order valence-electron chi connectivity index (χ3n) is 3.19. The van der Waals surface area contributed by atoms with Crippen LogP contribution in [0.5, 0.6) is 0 Å². The molecule has 2 heterocycles. The zero-order valence-electron chi connectivity index (χ0n) is 9.53. The zero-order valence-corrected chi connectivity index (χ0v) is 9.53. The van der Waals surface area contributed by atoms with Crippen molar-refractivity contribution in [3.05, 3.63) is 17.8 Å². The van der Waals surface area contributed by atoms with Crippen molar-refractivity contribution in [3.63, 3.8) is 0 Å². The molecule has 2 rings (SSSR count). The molecule has 1 atom stereocenters. The summed E-state index contributed by atoms with van der Waals surface area (Å²) in [4.78, 5) is 6.88. The van der Waals surface area contributed by atoms with Crippen molar-refractivity contribution in [2.75, 3.05) is 17.2 Å². The molecule has 0 aliphatic carbocycles. The molecule has 0 aromatic carbocycles. The molecule has 0 radical (unpaired) electrons. The second-order valence-electron chi connectivity index (χ2n) is 4.31. The Morgan fingerprint density at radius 3 is 3.07 bits per heavy atom. The Kier molecular flexibility index (Phi) is 2.80. The van der Waals surface area contributed by atoms with Crippen LogP contribution < -0.4 is 10.6 Å². The monoisotopic (exact) mass is 205 g/mol. The fourth-order valence-corrected chi connectivity index (χ4v) is 2.43. The summed E-state index contributed by atoms with van der Waals surface area (Å²) in [6.45, 7) is 5.47. The molecule has 3 nitrogen and oxygen atoms in total. The van der Waals surface area contributed by atoms with Crippen molar-refractivity contribution in [2.24, 2.45) is 0 Å². The fraction of sp³-hybridized carbons (Fsp3) is 0.583. The van der Waals surface area contributed by atoms with Crippen LogP contribution in [0.2, 0.25) is 0 Å². The van der Waals surface area contributed by atoms with E-state index >= 15 is 0 Å². The van der Waals surface area contributed by atoms with E-state index in [1.54, 1.807) is 6.20 Å². The van der Waals surface area contributed by atoms with Gasteiger partial charge >= 0.3 is 0 Å². The summed E-state index contributed by atoms with van der Waals surface area (Å²) in [5.74, 6) is 1.12. The van der Waals surface area contributed by atoms with Crippen LogP contribution in [0.25, 0.3) is 0 Å². The lowest BCUT2D eigenvalue weighted by atomic mass is 10.1. The molecule has 1 unspecified atom stereocenters. The molecule has 1 aromatic heterocycles. The Balaban J connectivity index is 2.28. The molecular weight excluding hydrogens is 186 g/mol. The molecule has 15 heavy (non-hydrogen) atoms. The van der Waals surface area contributed by atoms with E-state index in [4.69, 9.17) is 5.73 Å². The van der Waals surface area contributed by atoms with E-state index in [0.29, 0.717) is 6.04 Å². The standard InChI is InChI=1S/C12H19N3/c1-3-11-5-4-6-15(11)12-9(2)7-10(13)8-14-12/h7-8,11H,3-6,13H2,1-2H3. The maximum absolute atomic E-state index is 5.71. The van der Waals surface area contributed by atoms with Gasteiger partial charge in [-0.25, -0.2) is 4.98 Å². The van der Waals surface area contributed by atoms with Gasteiger partial charge in [0.1, 0.15) is 5.82 Å². The molecule has 0 saturated carbocycles. The van der Waals surface area contributed by atoms with Gasteiger partial charge in [-0.15, -0.1) is 0 Å². The minimum atomic E-state index is 0.667. The van der Waals surface area contributed by atoms with Gasteiger partial charge in [0.05, 0.1) is 11.9 Å². The maximum atomic E-state index is 5.71. The van der Waals surface area contributed by atoms with Crippen LogP contribution in [0.4, 0.5) is 11.5 Å². The first kappa shape index (κ1) is 10.3. The van der Waals surface area contributed by atoms with Crippen molar-refractivity contribution in [3.8, 4) is 0 Å². The number of hydrogen-bond donors (Lipinski definition) is 1. The van der Waals surface area contributed by atoms with Crippen molar-refractivity contribution < 1.29 is 0 Å². The van der Waals surface area contributed by atoms with Gasteiger partial charge in [0, 0.05) is 12.6 Å². The molecule has 1 aliphatic heterocycles. The van der Waals surface area contributed by atoms with E-state index in [-0.39, 0.29) is 0 Å². The van der Waals surface area contributed by atoms with Gasteiger partial charge in [0.15, 0.2) is 0 Å². The van der Waals surface area contributed by atoms with Gasteiger partial charge in [-0.05, 0) is 37.8 Å². The summed E-state index contributed by atoms with van der Waals surface area (Å²) < 4.78 is 0. The first-order chi connectivity index (χ1) is 7.22. The van der Waals surface area contributed by atoms with Crippen molar-refractivity contribution in [2.45, 2.75) is 39.2 Å². The molecular formula is C12H19N3. The summed E-state index contributed by atoms with van der Waals surface area (Å²) in [7, 11) is 0. The van der Waals surface area contributed by atoms with Gasteiger partial charge in [0.25, 0.3) is 0 Å². The van der Waals surface area contributed by atoms with Crippen LogP contribution in [0, 0.1) is 6.92 Å². The van der Waals surface area contributed by atoms with Crippen LogP contribution in [-0.2, 0) is 0 Å². The van der Waals surface area contributed by atoms with Crippen molar-refractivity contribution in [1.82, 2.24) is 4.98 Å². The van der Waals surface area contributed by atoms with Crippen LogP contribution >= 0.6 is 0 Å². The normalized spacial score (nSPS) is 20.9. The number of nitrogens with zero attached hydrogens (tertiary/aromatic N) is 2. The fourth-order valence-electron chi connectivity index (χ4n) is 2.43. The summed E-state index contributed by atoms with van der Waals surface area (Å²) in [5.41, 5.74) is 7.66. The predicted octanol–water partition coefficient (Wildman–Crippen LogP) is 2.35. The smallest absolute Gasteiger partial charge is 0.131 e. The molecule has 1 saturated heterocycles. The van der Waals surface area contributed by atoms with Crippen LogP contribution in [0.15, 0.2) is 12.3 Å². The summed E-state index contributed by atoms with van der Waals surface area (Å²) in [5, 5.41) is 0. The van der Waals surface area contributed by atoms with E-state index in [2.05, 4.69) is 23.7 Å². The van der Waals surface area contributed by atoms with Crippen LogP contribution in [0.3, 0.4) is 0 Å². The minimum absolute atomic E-state index is 0.667. The number of pyridine rings is 1. The topological polar surface area (TPSA) is 42.2 Å². The van der Waals surface area contributed by atoms with Crippen LogP contribution in [-0.4, -0.2) is 17.6 Å². The summed E-state index contributed by atoms with van der Waals surface area (Å²) in [6.07, 6.45) is 5.53. The molecule has 3 heteroatoms. The first-order valence-electron chi connectivity index (χ1n) is 5.71. The molecule has 0 bridgehead atoms. The van der Waals surface area contributed by atoms with Gasteiger partial charge in [-0.3, -0.25) is 0 Å². The van der Waals surface area contributed by atoms with E-state index in [1.165, 1.54) is 24.8 Å². The highest BCUT2D eigenvalue weighted by molar-refractivity contribution is 5.53. The minimum Gasteiger partial charge on any atom is -0.397 e. The van der Waals surface area contributed by atoms with E-state index in [9.17, 15) is 0 Å². The number of aromatic nitrogens is 1. The lowest BCUT2D eigenvalue weighted by Gasteiger charge is -2.26. The highest BCUT2D eigenvalue weighted by atomic mass is 15.2. The number of nitrogens with two attached hydrogens (primary N) is 1. The van der Waals surface area contributed by atoms with E-state index in [0.717, 1.165) is 18.1 Å². The highest BCUT2D eigenvalue weighted by Crippen LogP contribution is 2.28. The Labute approximate surface area is 91.3 Å². The maximum Gasteiger partial charge on any atom is 0.131 e. The highest BCUT2D eigenvalue weighted by Gasteiger charge is 2.24. The Bertz CT molecular complexity index is 349. The number of anilines is 2. The predicted molar refractivity (Wildman–Crippen MR) is 64.0 cm³/mol. The van der Waals surface area contributed by atoms with Crippen molar-refractivity contribution in [1.29, 1.82) is 0 Å². The van der Waals surface area contributed by atoms with E-state index in [1.807, 2.05) is 6.07 Å². The van der Waals surface area contributed by atoms with Gasteiger partial charge in [-0.2, -0.15) is 0 Å². The number of aryl methyl sites for hydroxylation is 1. The first-order valence-corrected chi connectivity index (χ1v) is 5.71. The molecule has 1 aliphatic rings. The number of hydrogen-bond acceptors (Lipinski definition) is 3. The molecule has 1 fully saturated rings. The third kappa shape index (κ3) is 1.91. The SMILES string of the molecule is CCC1CCCN1c1ncc(N)cc1C. The largest absolute Gasteiger partial charge is 0.397 e. The Morgan fingerprint density at radius 1 is 1.60 bits per heavy atom. The average Bonchev–Trinajstić information content (AvgIpc) is 2.65. The molecule has 2 N–H and O–H groups in total. The Hall–Kier alpha value is -1.25. The van der Waals surface area contributed by atoms with Gasteiger partial charge in [0.2, 0.25) is 0 Å². The number of rotatable bonds is 2. The van der Waals surface area contributed by atoms with Crippen molar-refractivity contribution >= 4 is 11.5 Å². The second kappa shape index (κ2) is 4.09. The lowest BCUT2D eigenvalue weighted by Crippen LogP contribution is -2.29. The van der Waals surface area contributed by atoms with Crippen LogP contribution in [0.1, 0.15) is 31.7 Å².